The molecule has 0 aliphatic rings. The molecule has 0 unspecified atom stereocenters. The van der Waals surface area contributed by atoms with Crippen LogP contribution in [0, 0.1) is 0 Å². The lowest BCUT2D eigenvalue weighted by Gasteiger charge is -2.19. The van der Waals surface area contributed by atoms with Crippen LogP contribution >= 0.6 is 0 Å². The number of aliphatic carboxylic acids is 1. The lowest BCUT2D eigenvalue weighted by Crippen LogP contribution is -2.28. The van der Waals surface area contributed by atoms with E-state index in [9.17, 15) is 9.59 Å². The van der Waals surface area contributed by atoms with Gasteiger partial charge in [0.2, 0.25) is 0 Å². The first-order chi connectivity index (χ1) is 9.37. The van der Waals surface area contributed by atoms with Crippen molar-refractivity contribution in [3.63, 3.8) is 0 Å². The fourth-order valence-electron chi connectivity index (χ4n) is 1.60. The molecular weight excluding hydrogens is 260 g/mol. The third kappa shape index (κ3) is 4.26. The van der Waals surface area contributed by atoms with Gasteiger partial charge in [-0.3, -0.25) is 9.59 Å². The summed E-state index contributed by atoms with van der Waals surface area (Å²) < 4.78 is 10.0. The Morgan fingerprint density at radius 1 is 1.20 bits per heavy atom. The van der Waals surface area contributed by atoms with Gasteiger partial charge in [-0.1, -0.05) is 12.1 Å². The minimum atomic E-state index is -0.927. The van der Waals surface area contributed by atoms with Crippen LogP contribution in [0.4, 0.5) is 0 Å². The number of methoxy groups -OCH3 is 1. The SMILES string of the molecule is COC(=O)CCCOc1ccc(C(C)(C)C(=O)O)cc1. The zero-order chi connectivity index (χ0) is 15.2. The van der Waals surface area contributed by atoms with Crippen LogP contribution in [0.25, 0.3) is 0 Å². The van der Waals surface area contributed by atoms with E-state index in [2.05, 4.69) is 4.74 Å². The number of carbonyl (C=O) groups excluding carboxylic acids is 1. The van der Waals surface area contributed by atoms with Crippen LogP contribution < -0.4 is 4.74 Å². The molecule has 5 heteroatoms. The van der Waals surface area contributed by atoms with Crippen molar-refractivity contribution in [2.45, 2.75) is 32.1 Å². The summed E-state index contributed by atoms with van der Waals surface area (Å²) in [6.45, 7) is 3.72. The molecule has 5 nitrogen and oxygen atoms in total. The van der Waals surface area contributed by atoms with Crippen molar-refractivity contribution in [1.29, 1.82) is 0 Å². The Morgan fingerprint density at radius 3 is 2.30 bits per heavy atom. The molecule has 0 fully saturated rings. The molecule has 0 saturated heterocycles. The van der Waals surface area contributed by atoms with Gasteiger partial charge in [0, 0.05) is 6.42 Å². The zero-order valence-corrected chi connectivity index (χ0v) is 12.0. The van der Waals surface area contributed by atoms with Crippen molar-refractivity contribution < 1.29 is 24.2 Å². The van der Waals surface area contributed by atoms with Gasteiger partial charge in [-0.25, -0.2) is 0 Å². The third-order valence-corrected chi connectivity index (χ3v) is 3.13. The van der Waals surface area contributed by atoms with Crippen LogP contribution in [0.1, 0.15) is 32.3 Å². The molecule has 1 N–H and O–H groups in total. The van der Waals surface area contributed by atoms with E-state index in [-0.39, 0.29) is 5.97 Å². The van der Waals surface area contributed by atoms with Gasteiger partial charge in [0.05, 0.1) is 19.1 Å². The predicted molar refractivity (Wildman–Crippen MR) is 73.8 cm³/mol. The zero-order valence-electron chi connectivity index (χ0n) is 12.0. The maximum Gasteiger partial charge on any atom is 0.313 e. The molecule has 0 heterocycles. The molecule has 0 atom stereocenters. The minimum absolute atomic E-state index is 0.257. The summed E-state index contributed by atoms with van der Waals surface area (Å²) in [6.07, 6.45) is 0.898. The van der Waals surface area contributed by atoms with Crippen LogP contribution in [0.15, 0.2) is 24.3 Å². The van der Waals surface area contributed by atoms with Crippen LogP contribution in [0.3, 0.4) is 0 Å². The smallest absolute Gasteiger partial charge is 0.313 e. The van der Waals surface area contributed by atoms with E-state index < -0.39 is 11.4 Å². The van der Waals surface area contributed by atoms with Gasteiger partial charge in [-0.15, -0.1) is 0 Å². The quantitative estimate of drug-likeness (QED) is 0.613. The third-order valence-electron chi connectivity index (χ3n) is 3.13. The van der Waals surface area contributed by atoms with Gasteiger partial charge in [-0.2, -0.15) is 0 Å². The summed E-state index contributed by atoms with van der Waals surface area (Å²) in [5, 5.41) is 9.14. The molecule has 1 rings (SSSR count). The molecule has 20 heavy (non-hydrogen) atoms. The Bertz CT molecular complexity index is 462. The van der Waals surface area contributed by atoms with Crippen molar-refractivity contribution in [2.24, 2.45) is 0 Å². The maximum atomic E-state index is 11.1. The molecule has 110 valence electrons. The molecule has 1 aromatic carbocycles. The standard InChI is InChI=1S/C15H20O5/c1-15(2,14(17)18)11-6-8-12(9-7-11)20-10-4-5-13(16)19-3/h6-9H,4-5,10H2,1-3H3,(H,17,18). The molecule has 1 aromatic rings. The molecule has 0 aliphatic carbocycles. The van der Waals surface area contributed by atoms with Gasteiger partial charge < -0.3 is 14.6 Å². The highest BCUT2D eigenvalue weighted by atomic mass is 16.5. The van der Waals surface area contributed by atoms with Gasteiger partial charge >= 0.3 is 11.9 Å². The summed E-state index contributed by atoms with van der Waals surface area (Å²) in [5.74, 6) is -0.476. The number of rotatable bonds is 7. The highest BCUT2D eigenvalue weighted by Gasteiger charge is 2.29. The highest BCUT2D eigenvalue weighted by molar-refractivity contribution is 5.80. The van der Waals surface area contributed by atoms with Crippen molar-refractivity contribution in [3.8, 4) is 5.75 Å². The molecule has 0 aromatic heterocycles. The first-order valence-corrected chi connectivity index (χ1v) is 6.41. The van der Waals surface area contributed by atoms with Gasteiger partial charge in [0.25, 0.3) is 0 Å². The van der Waals surface area contributed by atoms with E-state index in [0.29, 0.717) is 30.8 Å². The predicted octanol–water partition coefficient (Wildman–Crippen LogP) is 2.38. The van der Waals surface area contributed by atoms with Gasteiger partial charge in [0.1, 0.15) is 5.75 Å². The molecule has 0 aliphatic heterocycles. The van der Waals surface area contributed by atoms with E-state index in [1.54, 1.807) is 38.1 Å². The topological polar surface area (TPSA) is 72.8 Å². The van der Waals surface area contributed by atoms with Crippen molar-refractivity contribution >= 4 is 11.9 Å². The number of ether oxygens (including phenoxy) is 2. The second kappa shape index (κ2) is 6.93. The van der Waals surface area contributed by atoms with Crippen molar-refractivity contribution in [3.05, 3.63) is 29.8 Å². The first-order valence-electron chi connectivity index (χ1n) is 6.41. The first kappa shape index (κ1) is 16.0. The average molecular weight is 280 g/mol. The van der Waals surface area contributed by atoms with E-state index in [1.165, 1.54) is 7.11 Å². The summed E-state index contributed by atoms with van der Waals surface area (Å²) in [5.41, 5.74) is -0.212. The van der Waals surface area contributed by atoms with E-state index in [0.717, 1.165) is 0 Å². The van der Waals surface area contributed by atoms with E-state index in [1.807, 2.05) is 0 Å². The average Bonchev–Trinajstić information content (AvgIpc) is 2.43. The largest absolute Gasteiger partial charge is 0.494 e. The van der Waals surface area contributed by atoms with Crippen molar-refractivity contribution in [1.82, 2.24) is 0 Å². The summed E-state index contributed by atoms with van der Waals surface area (Å²) >= 11 is 0. The fraction of sp³-hybridized carbons (Fsp3) is 0.467. The normalized spacial score (nSPS) is 10.9. The number of hydrogen-bond donors (Lipinski definition) is 1. The van der Waals surface area contributed by atoms with Gasteiger partial charge in [0.15, 0.2) is 0 Å². The van der Waals surface area contributed by atoms with E-state index >= 15 is 0 Å². The van der Waals surface area contributed by atoms with Crippen LogP contribution in [0.5, 0.6) is 5.75 Å². The fourth-order valence-corrected chi connectivity index (χ4v) is 1.60. The van der Waals surface area contributed by atoms with Crippen LogP contribution in [-0.4, -0.2) is 30.8 Å². The molecule has 0 spiro atoms. The Kier molecular flexibility index (Phi) is 5.55. The second-order valence-electron chi connectivity index (χ2n) is 4.98. The lowest BCUT2D eigenvalue weighted by molar-refractivity contribution is -0.142. The minimum Gasteiger partial charge on any atom is -0.494 e. The molecule has 0 bridgehead atoms. The number of benzene rings is 1. The van der Waals surface area contributed by atoms with Crippen LogP contribution in [-0.2, 0) is 19.7 Å². The summed E-state index contributed by atoms with van der Waals surface area (Å²) in [4.78, 5) is 22.0. The van der Waals surface area contributed by atoms with Crippen LogP contribution in [0.2, 0.25) is 0 Å². The number of esters is 1. The Morgan fingerprint density at radius 2 is 1.80 bits per heavy atom. The second-order valence-corrected chi connectivity index (χ2v) is 4.98. The Hall–Kier alpha value is -2.04. The number of hydrogen-bond acceptors (Lipinski definition) is 4. The van der Waals surface area contributed by atoms with E-state index in [4.69, 9.17) is 9.84 Å². The molecule has 0 saturated carbocycles. The number of carboxylic acids is 1. The molecule has 0 amide bonds. The number of carbonyl (C=O) groups is 2. The van der Waals surface area contributed by atoms with Crippen molar-refractivity contribution in [2.75, 3.05) is 13.7 Å². The van der Waals surface area contributed by atoms with Gasteiger partial charge in [-0.05, 0) is 38.0 Å². The molecule has 0 radical (unpaired) electrons. The highest BCUT2D eigenvalue weighted by Crippen LogP contribution is 2.25. The monoisotopic (exact) mass is 280 g/mol. The Labute approximate surface area is 118 Å². The summed E-state index contributed by atoms with van der Waals surface area (Å²) in [6, 6.07) is 6.95. The summed E-state index contributed by atoms with van der Waals surface area (Å²) in [7, 11) is 1.35. The lowest BCUT2D eigenvalue weighted by atomic mass is 9.85. The number of carboxylic acid groups (broad SMARTS) is 1. The maximum absolute atomic E-state index is 11.1. The Balaban J connectivity index is 2.51. The molecular formula is C15H20O5.